The third-order valence-electron chi connectivity index (χ3n) is 3.58. The fraction of sp³-hybridized carbons (Fsp3) is 0.533. The van der Waals surface area contributed by atoms with Crippen molar-refractivity contribution in [3.05, 3.63) is 29.8 Å². The first-order chi connectivity index (χ1) is 9.20. The quantitative estimate of drug-likeness (QED) is 0.807. The molecule has 1 aromatic rings. The van der Waals surface area contributed by atoms with Crippen LogP contribution < -0.4 is 15.5 Å². The van der Waals surface area contributed by atoms with E-state index in [4.69, 9.17) is 0 Å². The molecule has 0 bridgehead atoms. The highest BCUT2D eigenvalue weighted by Crippen LogP contribution is 2.15. The number of nitrogens with one attached hydrogen (secondary N) is 2. The summed E-state index contributed by atoms with van der Waals surface area (Å²) in [5, 5.41) is 6.13. The number of amides is 1. The fourth-order valence-electron chi connectivity index (χ4n) is 2.23. The molecule has 0 aromatic heterocycles. The first kappa shape index (κ1) is 13.9. The monoisotopic (exact) mass is 261 g/mol. The van der Waals surface area contributed by atoms with Gasteiger partial charge in [0.05, 0.1) is 5.92 Å². The van der Waals surface area contributed by atoms with Crippen LogP contribution in [0.4, 0.5) is 5.69 Å². The number of carbonyl (C=O) groups excluding carboxylic acids is 1. The number of anilines is 1. The van der Waals surface area contributed by atoms with Crippen LogP contribution in [-0.4, -0.2) is 38.6 Å². The van der Waals surface area contributed by atoms with E-state index >= 15 is 0 Å². The highest BCUT2D eigenvalue weighted by molar-refractivity contribution is 5.80. The van der Waals surface area contributed by atoms with E-state index < -0.39 is 0 Å². The van der Waals surface area contributed by atoms with Gasteiger partial charge in [-0.2, -0.15) is 0 Å². The van der Waals surface area contributed by atoms with E-state index in [1.165, 1.54) is 11.3 Å². The molecule has 1 aromatic carbocycles. The second-order valence-corrected chi connectivity index (χ2v) is 5.06. The molecule has 104 valence electrons. The first-order valence-electron chi connectivity index (χ1n) is 7.00. The van der Waals surface area contributed by atoms with Gasteiger partial charge in [0.25, 0.3) is 0 Å². The Hall–Kier alpha value is -1.55. The second kappa shape index (κ2) is 6.57. The van der Waals surface area contributed by atoms with Gasteiger partial charge in [-0.3, -0.25) is 4.79 Å². The maximum atomic E-state index is 11.7. The third-order valence-corrected chi connectivity index (χ3v) is 3.58. The van der Waals surface area contributed by atoms with Crippen molar-refractivity contribution in [2.45, 2.75) is 13.8 Å². The molecule has 0 atom stereocenters. The standard InChI is InChI=1S/C15H23N3O/c1-3-18(14-6-4-5-12(2)9-14)8-7-17-15(19)13-10-16-11-13/h4-6,9,13,16H,3,7-8,10-11H2,1-2H3,(H,17,19). The Bertz CT molecular complexity index is 429. The Balaban J connectivity index is 1.80. The molecule has 1 fully saturated rings. The zero-order valence-electron chi connectivity index (χ0n) is 11.8. The van der Waals surface area contributed by atoms with Gasteiger partial charge in [-0.05, 0) is 31.5 Å². The van der Waals surface area contributed by atoms with Crippen LogP contribution in [0.5, 0.6) is 0 Å². The number of hydrogen-bond acceptors (Lipinski definition) is 3. The van der Waals surface area contributed by atoms with Gasteiger partial charge in [0.1, 0.15) is 0 Å². The summed E-state index contributed by atoms with van der Waals surface area (Å²) in [5.74, 6) is 0.355. The van der Waals surface area contributed by atoms with Crippen LogP contribution in [0.25, 0.3) is 0 Å². The second-order valence-electron chi connectivity index (χ2n) is 5.06. The molecule has 1 heterocycles. The molecule has 1 aliphatic rings. The molecular weight excluding hydrogens is 238 g/mol. The number of likely N-dealkylation sites (N-methyl/N-ethyl adjacent to an activating group) is 1. The van der Waals surface area contributed by atoms with Crippen LogP contribution in [0.3, 0.4) is 0 Å². The maximum Gasteiger partial charge on any atom is 0.225 e. The molecule has 0 aliphatic carbocycles. The molecule has 0 radical (unpaired) electrons. The van der Waals surface area contributed by atoms with Crippen LogP contribution >= 0.6 is 0 Å². The van der Waals surface area contributed by atoms with Crippen molar-refractivity contribution < 1.29 is 4.79 Å². The average Bonchev–Trinajstić information content (AvgIpc) is 2.32. The molecule has 2 rings (SSSR count). The van der Waals surface area contributed by atoms with Gasteiger partial charge in [-0.25, -0.2) is 0 Å². The van der Waals surface area contributed by atoms with Gasteiger partial charge in [-0.1, -0.05) is 12.1 Å². The summed E-state index contributed by atoms with van der Waals surface area (Å²) in [5.41, 5.74) is 2.49. The van der Waals surface area contributed by atoms with Crippen LogP contribution in [-0.2, 0) is 4.79 Å². The van der Waals surface area contributed by atoms with Crippen LogP contribution in [0.2, 0.25) is 0 Å². The molecule has 4 heteroatoms. The zero-order valence-corrected chi connectivity index (χ0v) is 11.8. The minimum Gasteiger partial charge on any atom is -0.370 e. The summed E-state index contributed by atoms with van der Waals surface area (Å²) in [6.45, 7) is 8.39. The molecule has 1 amide bonds. The lowest BCUT2D eigenvalue weighted by Gasteiger charge is -2.27. The molecular formula is C15H23N3O. The molecule has 19 heavy (non-hydrogen) atoms. The summed E-state index contributed by atoms with van der Waals surface area (Å²) in [6.07, 6.45) is 0. The van der Waals surface area contributed by atoms with Crippen molar-refractivity contribution in [1.29, 1.82) is 0 Å². The minimum atomic E-state index is 0.175. The highest BCUT2D eigenvalue weighted by atomic mass is 16.2. The minimum absolute atomic E-state index is 0.175. The molecule has 1 saturated heterocycles. The lowest BCUT2D eigenvalue weighted by molar-refractivity contribution is -0.126. The van der Waals surface area contributed by atoms with Crippen LogP contribution in [0, 0.1) is 12.8 Å². The zero-order chi connectivity index (χ0) is 13.7. The number of benzene rings is 1. The normalized spacial score (nSPS) is 14.8. The SMILES string of the molecule is CCN(CCNC(=O)C1CNC1)c1cccc(C)c1. The Morgan fingerprint density at radius 1 is 1.47 bits per heavy atom. The van der Waals surface area contributed by atoms with Crippen LogP contribution in [0.15, 0.2) is 24.3 Å². The van der Waals surface area contributed by atoms with Gasteiger partial charge < -0.3 is 15.5 Å². The largest absolute Gasteiger partial charge is 0.370 e. The molecule has 1 aliphatic heterocycles. The van der Waals surface area contributed by atoms with Crippen molar-refractivity contribution in [3.8, 4) is 0 Å². The lowest BCUT2D eigenvalue weighted by Crippen LogP contribution is -2.51. The number of rotatable bonds is 6. The van der Waals surface area contributed by atoms with Crippen molar-refractivity contribution >= 4 is 11.6 Å². The Morgan fingerprint density at radius 2 is 2.26 bits per heavy atom. The van der Waals surface area contributed by atoms with E-state index in [0.717, 1.165) is 26.2 Å². The van der Waals surface area contributed by atoms with Crippen molar-refractivity contribution in [2.24, 2.45) is 5.92 Å². The molecule has 2 N–H and O–H groups in total. The Kier molecular flexibility index (Phi) is 4.80. The first-order valence-corrected chi connectivity index (χ1v) is 7.00. The smallest absolute Gasteiger partial charge is 0.225 e. The molecule has 4 nitrogen and oxygen atoms in total. The Labute approximate surface area is 115 Å². The summed E-state index contributed by atoms with van der Waals surface area (Å²) in [7, 11) is 0. The number of carbonyl (C=O) groups is 1. The van der Waals surface area contributed by atoms with Crippen molar-refractivity contribution in [3.63, 3.8) is 0 Å². The summed E-state index contributed by atoms with van der Waals surface area (Å²) in [4.78, 5) is 14.0. The Morgan fingerprint density at radius 3 is 2.84 bits per heavy atom. The molecule has 0 spiro atoms. The van der Waals surface area contributed by atoms with Gasteiger partial charge in [0.15, 0.2) is 0 Å². The van der Waals surface area contributed by atoms with Crippen LogP contribution in [0.1, 0.15) is 12.5 Å². The van der Waals surface area contributed by atoms with E-state index in [1.807, 2.05) is 0 Å². The lowest BCUT2D eigenvalue weighted by atomic mass is 10.0. The van der Waals surface area contributed by atoms with Crippen molar-refractivity contribution in [1.82, 2.24) is 10.6 Å². The predicted octanol–water partition coefficient (Wildman–Crippen LogP) is 1.16. The van der Waals surface area contributed by atoms with Crippen molar-refractivity contribution in [2.75, 3.05) is 37.6 Å². The summed E-state index contributed by atoms with van der Waals surface area (Å²) < 4.78 is 0. The predicted molar refractivity (Wildman–Crippen MR) is 78.4 cm³/mol. The average molecular weight is 261 g/mol. The maximum absolute atomic E-state index is 11.7. The van der Waals surface area contributed by atoms with E-state index in [-0.39, 0.29) is 11.8 Å². The topological polar surface area (TPSA) is 44.4 Å². The third kappa shape index (κ3) is 3.70. The summed E-state index contributed by atoms with van der Waals surface area (Å²) in [6, 6.07) is 8.48. The molecule has 0 saturated carbocycles. The highest BCUT2D eigenvalue weighted by Gasteiger charge is 2.24. The van der Waals surface area contributed by atoms with E-state index in [2.05, 4.69) is 53.6 Å². The van der Waals surface area contributed by atoms with Gasteiger partial charge in [0.2, 0.25) is 5.91 Å². The summed E-state index contributed by atoms with van der Waals surface area (Å²) >= 11 is 0. The van der Waals surface area contributed by atoms with E-state index in [1.54, 1.807) is 0 Å². The number of aryl methyl sites for hydroxylation is 1. The fourth-order valence-corrected chi connectivity index (χ4v) is 2.23. The van der Waals surface area contributed by atoms with Gasteiger partial charge >= 0.3 is 0 Å². The van der Waals surface area contributed by atoms with E-state index in [9.17, 15) is 4.79 Å². The van der Waals surface area contributed by atoms with Gasteiger partial charge in [-0.15, -0.1) is 0 Å². The number of nitrogens with zero attached hydrogens (tertiary/aromatic N) is 1. The van der Waals surface area contributed by atoms with Gasteiger partial charge in [0, 0.05) is 38.4 Å². The molecule has 0 unspecified atom stereocenters. The number of hydrogen-bond donors (Lipinski definition) is 2. The van der Waals surface area contributed by atoms with E-state index in [0.29, 0.717) is 6.54 Å².